The average molecular weight is 199 g/mol. The summed E-state index contributed by atoms with van der Waals surface area (Å²) in [5.41, 5.74) is 6.02. The van der Waals surface area contributed by atoms with Crippen molar-refractivity contribution in [2.75, 3.05) is 52.5 Å². The first-order chi connectivity index (χ1) is 6.66. The molecule has 2 aliphatic heterocycles. The van der Waals surface area contributed by atoms with E-state index in [9.17, 15) is 0 Å². The molecule has 0 bridgehead atoms. The van der Waals surface area contributed by atoms with Crippen LogP contribution in [0.25, 0.3) is 0 Å². The van der Waals surface area contributed by atoms with Crippen molar-refractivity contribution >= 4 is 0 Å². The van der Waals surface area contributed by atoms with E-state index in [-0.39, 0.29) is 5.54 Å². The first-order valence-electron chi connectivity index (χ1n) is 5.47. The Kier molecular flexibility index (Phi) is 3.07. The number of nitrogens with zero attached hydrogens (tertiary/aromatic N) is 2. The summed E-state index contributed by atoms with van der Waals surface area (Å²) in [5, 5.41) is 0. The van der Waals surface area contributed by atoms with Gasteiger partial charge in [-0.25, -0.2) is 0 Å². The van der Waals surface area contributed by atoms with Crippen LogP contribution in [0.3, 0.4) is 0 Å². The molecule has 0 aliphatic carbocycles. The smallest absolute Gasteiger partial charge is 0.0594 e. The van der Waals surface area contributed by atoms with Crippen LogP contribution in [0.5, 0.6) is 0 Å². The van der Waals surface area contributed by atoms with Crippen LogP contribution >= 0.6 is 0 Å². The molecule has 0 atom stereocenters. The number of ether oxygens (including phenoxy) is 1. The lowest BCUT2D eigenvalue weighted by Crippen LogP contribution is -2.66. The zero-order chi connectivity index (χ0) is 10.0. The van der Waals surface area contributed by atoms with Gasteiger partial charge in [0, 0.05) is 44.8 Å². The molecule has 0 aromatic carbocycles. The van der Waals surface area contributed by atoms with Gasteiger partial charge in [-0.05, 0) is 6.92 Å². The normalized spacial score (nSPS) is 28.7. The van der Waals surface area contributed by atoms with E-state index in [4.69, 9.17) is 10.5 Å². The molecule has 0 amide bonds. The number of morpholine rings is 1. The number of rotatable bonds is 3. The van der Waals surface area contributed by atoms with E-state index in [0.29, 0.717) is 0 Å². The van der Waals surface area contributed by atoms with Crippen LogP contribution in [-0.4, -0.2) is 67.8 Å². The molecule has 14 heavy (non-hydrogen) atoms. The molecule has 2 heterocycles. The molecule has 4 nitrogen and oxygen atoms in total. The van der Waals surface area contributed by atoms with Gasteiger partial charge < -0.3 is 10.5 Å². The molecular weight excluding hydrogens is 178 g/mol. The maximum absolute atomic E-state index is 5.95. The van der Waals surface area contributed by atoms with Gasteiger partial charge in [-0.1, -0.05) is 0 Å². The van der Waals surface area contributed by atoms with Crippen molar-refractivity contribution in [3.05, 3.63) is 0 Å². The van der Waals surface area contributed by atoms with Crippen LogP contribution in [0, 0.1) is 0 Å². The van der Waals surface area contributed by atoms with Crippen LogP contribution in [0.4, 0.5) is 0 Å². The van der Waals surface area contributed by atoms with E-state index in [1.807, 2.05) is 0 Å². The van der Waals surface area contributed by atoms with E-state index in [1.165, 1.54) is 6.54 Å². The zero-order valence-corrected chi connectivity index (χ0v) is 9.04. The third kappa shape index (κ3) is 2.67. The highest BCUT2D eigenvalue weighted by Crippen LogP contribution is 2.16. The molecule has 2 saturated heterocycles. The number of nitrogens with two attached hydrogens (primary N) is 1. The van der Waals surface area contributed by atoms with Crippen molar-refractivity contribution in [2.45, 2.75) is 12.5 Å². The quantitative estimate of drug-likeness (QED) is 0.656. The lowest BCUT2D eigenvalue weighted by molar-refractivity contribution is 0.0199. The maximum atomic E-state index is 5.95. The summed E-state index contributed by atoms with van der Waals surface area (Å²) in [6.07, 6.45) is 0. The highest BCUT2D eigenvalue weighted by molar-refractivity contribution is 4.95. The molecule has 0 radical (unpaired) electrons. The number of likely N-dealkylation sites (tertiary alicyclic amines) is 1. The van der Waals surface area contributed by atoms with Crippen molar-refractivity contribution in [3.8, 4) is 0 Å². The Morgan fingerprint density at radius 2 is 1.71 bits per heavy atom. The average Bonchev–Trinajstić information content (AvgIpc) is 2.13. The maximum Gasteiger partial charge on any atom is 0.0594 e. The molecule has 0 saturated carbocycles. The van der Waals surface area contributed by atoms with Gasteiger partial charge in [0.15, 0.2) is 0 Å². The Morgan fingerprint density at radius 3 is 2.29 bits per heavy atom. The summed E-state index contributed by atoms with van der Waals surface area (Å²) >= 11 is 0. The molecular formula is C10H21N3O. The second kappa shape index (κ2) is 4.14. The fourth-order valence-electron chi connectivity index (χ4n) is 2.24. The van der Waals surface area contributed by atoms with E-state index in [1.54, 1.807) is 0 Å². The van der Waals surface area contributed by atoms with Gasteiger partial charge in [0.25, 0.3) is 0 Å². The Bertz CT molecular complexity index is 182. The summed E-state index contributed by atoms with van der Waals surface area (Å²) in [6, 6.07) is 0. The van der Waals surface area contributed by atoms with Gasteiger partial charge in [-0.2, -0.15) is 0 Å². The molecule has 0 aromatic heterocycles. The van der Waals surface area contributed by atoms with Crippen molar-refractivity contribution in [2.24, 2.45) is 5.73 Å². The molecule has 0 unspecified atom stereocenters. The minimum Gasteiger partial charge on any atom is -0.379 e. The van der Waals surface area contributed by atoms with Gasteiger partial charge in [0.2, 0.25) is 0 Å². The van der Waals surface area contributed by atoms with Gasteiger partial charge in [-0.3, -0.25) is 9.80 Å². The Labute approximate surface area is 86.0 Å². The molecule has 2 rings (SSSR count). The fraction of sp³-hybridized carbons (Fsp3) is 1.00. The lowest BCUT2D eigenvalue weighted by atomic mass is 9.94. The highest BCUT2D eigenvalue weighted by atomic mass is 16.5. The SMILES string of the molecule is CC1(N)CN(CCN2CCOCC2)C1. The molecule has 2 fully saturated rings. The van der Waals surface area contributed by atoms with Crippen molar-refractivity contribution < 1.29 is 4.74 Å². The Hall–Kier alpha value is -0.160. The summed E-state index contributed by atoms with van der Waals surface area (Å²) in [4.78, 5) is 4.89. The third-order valence-electron chi connectivity index (χ3n) is 3.01. The number of hydrogen-bond acceptors (Lipinski definition) is 4. The van der Waals surface area contributed by atoms with Gasteiger partial charge in [0.1, 0.15) is 0 Å². The zero-order valence-electron chi connectivity index (χ0n) is 9.04. The fourth-order valence-corrected chi connectivity index (χ4v) is 2.24. The second-order valence-electron chi connectivity index (χ2n) is 4.82. The van der Waals surface area contributed by atoms with Gasteiger partial charge in [0.05, 0.1) is 13.2 Å². The van der Waals surface area contributed by atoms with E-state index < -0.39 is 0 Å². The molecule has 0 aromatic rings. The summed E-state index contributed by atoms with van der Waals surface area (Å²) in [6.45, 7) is 10.5. The van der Waals surface area contributed by atoms with Crippen LogP contribution < -0.4 is 5.73 Å². The molecule has 2 aliphatic rings. The van der Waals surface area contributed by atoms with Crippen molar-refractivity contribution in [1.82, 2.24) is 9.80 Å². The lowest BCUT2D eigenvalue weighted by Gasteiger charge is -2.46. The molecule has 2 N–H and O–H groups in total. The second-order valence-corrected chi connectivity index (χ2v) is 4.82. The predicted octanol–water partition coefficient (Wildman–Crippen LogP) is -0.648. The minimum absolute atomic E-state index is 0.0744. The van der Waals surface area contributed by atoms with E-state index >= 15 is 0 Å². The monoisotopic (exact) mass is 199 g/mol. The van der Waals surface area contributed by atoms with Crippen LogP contribution in [0.2, 0.25) is 0 Å². The van der Waals surface area contributed by atoms with Crippen LogP contribution in [0.15, 0.2) is 0 Å². The molecule has 0 spiro atoms. The summed E-state index contributed by atoms with van der Waals surface area (Å²) in [7, 11) is 0. The van der Waals surface area contributed by atoms with E-state index in [2.05, 4.69) is 16.7 Å². The molecule has 4 heteroatoms. The van der Waals surface area contributed by atoms with Crippen molar-refractivity contribution in [3.63, 3.8) is 0 Å². The Morgan fingerprint density at radius 1 is 1.14 bits per heavy atom. The topological polar surface area (TPSA) is 41.7 Å². The molecule has 82 valence electrons. The van der Waals surface area contributed by atoms with Crippen molar-refractivity contribution in [1.29, 1.82) is 0 Å². The van der Waals surface area contributed by atoms with Gasteiger partial charge >= 0.3 is 0 Å². The first-order valence-corrected chi connectivity index (χ1v) is 5.47. The van der Waals surface area contributed by atoms with Crippen LogP contribution in [-0.2, 0) is 4.74 Å². The minimum atomic E-state index is 0.0744. The summed E-state index contributed by atoms with van der Waals surface area (Å²) in [5.74, 6) is 0. The Balaban J connectivity index is 1.59. The van der Waals surface area contributed by atoms with E-state index in [0.717, 1.165) is 45.9 Å². The largest absolute Gasteiger partial charge is 0.379 e. The van der Waals surface area contributed by atoms with Gasteiger partial charge in [-0.15, -0.1) is 0 Å². The highest BCUT2D eigenvalue weighted by Gasteiger charge is 2.34. The first kappa shape index (κ1) is 10.4. The predicted molar refractivity (Wildman–Crippen MR) is 56.3 cm³/mol. The third-order valence-corrected chi connectivity index (χ3v) is 3.01. The summed E-state index contributed by atoms with van der Waals surface area (Å²) < 4.78 is 5.30. The standard InChI is InChI=1S/C10H21N3O/c1-10(11)8-13(9-10)3-2-12-4-6-14-7-5-12/h2-9,11H2,1H3. The number of hydrogen-bond donors (Lipinski definition) is 1. The van der Waals surface area contributed by atoms with Crippen LogP contribution in [0.1, 0.15) is 6.92 Å².